The van der Waals surface area contributed by atoms with E-state index in [1.54, 1.807) is 24.3 Å². The number of carboxylic acid groups (broad SMARTS) is 1. The largest absolute Gasteiger partial charge is 0.586 e. The van der Waals surface area contributed by atoms with Crippen molar-refractivity contribution in [3.8, 4) is 23.0 Å². The fourth-order valence-electron chi connectivity index (χ4n) is 3.08. The van der Waals surface area contributed by atoms with Crippen molar-refractivity contribution in [3.63, 3.8) is 0 Å². The third-order valence-corrected chi connectivity index (χ3v) is 4.68. The maximum absolute atomic E-state index is 13.3. The summed E-state index contributed by atoms with van der Waals surface area (Å²) in [6.45, 7) is 0.267. The SMILES string of the molecule is O=C(O)CC1COc2cc(OCc3cc(Br)cc4c3OC(F)(F)O4)ccc21. The van der Waals surface area contributed by atoms with E-state index in [9.17, 15) is 13.6 Å². The third-order valence-electron chi connectivity index (χ3n) is 4.23. The van der Waals surface area contributed by atoms with Crippen molar-refractivity contribution >= 4 is 21.9 Å². The van der Waals surface area contributed by atoms with Gasteiger partial charge in [0.25, 0.3) is 0 Å². The van der Waals surface area contributed by atoms with Crippen LogP contribution in [0.15, 0.2) is 34.8 Å². The predicted molar refractivity (Wildman–Crippen MR) is 91.6 cm³/mol. The fraction of sp³-hybridized carbons (Fsp3) is 0.278. The Bertz CT molecular complexity index is 917. The summed E-state index contributed by atoms with van der Waals surface area (Å²) in [5.41, 5.74) is 1.20. The van der Waals surface area contributed by atoms with Crippen molar-refractivity contribution in [2.24, 2.45) is 0 Å². The topological polar surface area (TPSA) is 74.2 Å². The number of rotatable bonds is 5. The van der Waals surface area contributed by atoms with Crippen molar-refractivity contribution in [2.45, 2.75) is 25.2 Å². The van der Waals surface area contributed by atoms with Crippen molar-refractivity contribution in [1.82, 2.24) is 0 Å². The van der Waals surface area contributed by atoms with Gasteiger partial charge in [0, 0.05) is 27.6 Å². The molecule has 0 saturated carbocycles. The summed E-state index contributed by atoms with van der Waals surface area (Å²) in [5, 5.41) is 8.94. The van der Waals surface area contributed by atoms with Gasteiger partial charge in [-0.1, -0.05) is 22.0 Å². The highest BCUT2D eigenvalue weighted by Crippen LogP contribution is 2.45. The van der Waals surface area contributed by atoms with Gasteiger partial charge < -0.3 is 24.1 Å². The Morgan fingerprint density at radius 1 is 1.26 bits per heavy atom. The summed E-state index contributed by atoms with van der Waals surface area (Å²) < 4.78 is 47.4. The number of hydrogen-bond donors (Lipinski definition) is 1. The van der Waals surface area contributed by atoms with Crippen molar-refractivity contribution in [2.75, 3.05) is 6.61 Å². The van der Waals surface area contributed by atoms with E-state index in [1.165, 1.54) is 6.07 Å². The van der Waals surface area contributed by atoms with Crippen LogP contribution in [0, 0.1) is 0 Å². The summed E-state index contributed by atoms with van der Waals surface area (Å²) in [5.74, 6) is -0.204. The average Bonchev–Trinajstić information content (AvgIpc) is 3.11. The zero-order valence-corrected chi connectivity index (χ0v) is 15.3. The van der Waals surface area contributed by atoms with Gasteiger partial charge in [-0.2, -0.15) is 0 Å². The van der Waals surface area contributed by atoms with E-state index in [0.29, 0.717) is 28.1 Å². The first-order valence-electron chi connectivity index (χ1n) is 8.00. The Balaban J connectivity index is 1.50. The Kier molecular flexibility index (Phi) is 4.33. The number of halogens is 3. The number of alkyl halides is 2. The van der Waals surface area contributed by atoms with Crippen LogP contribution >= 0.6 is 15.9 Å². The molecule has 1 atom stereocenters. The molecule has 2 heterocycles. The molecule has 1 unspecified atom stereocenters. The van der Waals surface area contributed by atoms with Crippen LogP contribution in [0.3, 0.4) is 0 Å². The van der Waals surface area contributed by atoms with Gasteiger partial charge in [0.05, 0.1) is 13.0 Å². The molecule has 2 aliphatic rings. The van der Waals surface area contributed by atoms with E-state index in [0.717, 1.165) is 5.56 Å². The van der Waals surface area contributed by atoms with Crippen LogP contribution in [-0.2, 0) is 11.4 Å². The molecule has 1 N–H and O–H groups in total. The Hall–Kier alpha value is -2.55. The fourth-order valence-corrected chi connectivity index (χ4v) is 3.56. The van der Waals surface area contributed by atoms with Crippen molar-refractivity contribution in [3.05, 3.63) is 45.9 Å². The van der Waals surface area contributed by atoms with Crippen LogP contribution in [-0.4, -0.2) is 24.0 Å². The molecule has 2 aromatic rings. The first-order chi connectivity index (χ1) is 12.8. The van der Waals surface area contributed by atoms with Crippen LogP contribution in [0.25, 0.3) is 0 Å². The Morgan fingerprint density at radius 2 is 2.07 bits per heavy atom. The first kappa shape index (κ1) is 17.8. The lowest BCUT2D eigenvalue weighted by Gasteiger charge is -2.11. The van der Waals surface area contributed by atoms with E-state index in [2.05, 4.69) is 25.4 Å². The minimum Gasteiger partial charge on any atom is -0.492 e. The van der Waals surface area contributed by atoms with Gasteiger partial charge in [-0.15, -0.1) is 8.78 Å². The van der Waals surface area contributed by atoms with Crippen LogP contribution in [0.4, 0.5) is 8.78 Å². The highest BCUT2D eigenvalue weighted by atomic mass is 79.9. The molecule has 0 radical (unpaired) electrons. The molecule has 0 bridgehead atoms. The van der Waals surface area contributed by atoms with Crippen LogP contribution in [0.2, 0.25) is 0 Å². The van der Waals surface area contributed by atoms with Crippen molar-refractivity contribution < 1.29 is 37.6 Å². The smallest absolute Gasteiger partial charge is 0.492 e. The van der Waals surface area contributed by atoms with E-state index < -0.39 is 12.3 Å². The zero-order chi connectivity index (χ0) is 19.2. The molecule has 6 nitrogen and oxygen atoms in total. The minimum absolute atomic E-state index is 0.0110. The van der Waals surface area contributed by atoms with Gasteiger partial charge in [0.1, 0.15) is 18.1 Å². The highest BCUT2D eigenvalue weighted by molar-refractivity contribution is 9.10. The second kappa shape index (κ2) is 6.56. The third kappa shape index (κ3) is 3.64. The number of aliphatic carboxylic acids is 1. The number of benzene rings is 2. The molecule has 0 aromatic heterocycles. The molecule has 0 amide bonds. The summed E-state index contributed by atoms with van der Waals surface area (Å²) in [6, 6.07) is 8.10. The summed E-state index contributed by atoms with van der Waals surface area (Å²) in [7, 11) is 0. The van der Waals surface area contributed by atoms with E-state index >= 15 is 0 Å². The number of fused-ring (bicyclic) bond motifs is 2. The lowest BCUT2D eigenvalue weighted by atomic mass is 9.98. The highest BCUT2D eigenvalue weighted by Gasteiger charge is 2.44. The molecule has 0 spiro atoms. The van der Waals surface area contributed by atoms with Crippen LogP contribution in [0.1, 0.15) is 23.5 Å². The number of carboxylic acids is 1. The molecule has 9 heteroatoms. The first-order valence-corrected chi connectivity index (χ1v) is 8.79. The van der Waals surface area contributed by atoms with Crippen LogP contribution in [0.5, 0.6) is 23.0 Å². The number of carbonyl (C=O) groups is 1. The molecule has 2 aromatic carbocycles. The maximum atomic E-state index is 13.3. The lowest BCUT2D eigenvalue weighted by Crippen LogP contribution is -2.26. The van der Waals surface area contributed by atoms with E-state index in [-0.39, 0.29) is 30.4 Å². The second-order valence-corrected chi connectivity index (χ2v) is 7.07. The van der Waals surface area contributed by atoms with Gasteiger partial charge in [0.2, 0.25) is 0 Å². The molecule has 142 valence electrons. The summed E-state index contributed by atoms with van der Waals surface area (Å²) >= 11 is 3.24. The molecule has 2 aliphatic heterocycles. The average molecular weight is 443 g/mol. The Morgan fingerprint density at radius 3 is 2.85 bits per heavy atom. The quantitative estimate of drug-likeness (QED) is 0.743. The molecule has 0 fully saturated rings. The normalized spacial score (nSPS) is 18.7. The lowest BCUT2D eigenvalue weighted by molar-refractivity contribution is -0.287. The van der Waals surface area contributed by atoms with Crippen molar-refractivity contribution in [1.29, 1.82) is 0 Å². The molecular weight excluding hydrogens is 430 g/mol. The Labute approximate surface area is 160 Å². The zero-order valence-electron chi connectivity index (χ0n) is 13.7. The number of hydrogen-bond acceptors (Lipinski definition) is 5. The molecule has 0 saturated heterocycles. The van der Waals surface area contributed by atoms with Gasteiger partial charge in [-0.05, 0) is 18.2 Å². The van der Waals surface area contributed by atoms with E-state index in [1.807, 2.05) is 0 Å². The minimum atomic E-state index is -3.71. The van der Waals surface area contributed by atoms with Gasteiger partial charge >= 0.3 is 12.3 Å². The van der Waals surface area contributed by atoms with Gasteiger partial charge in [-0.3, -0.25) is 4.79 Å². The van der Waals surface area contributed by atoms with Gasteiger partial charge in [-0.25, -0.2) is 0 Å². The standard InChI is InChI=1S/C18H13BrF2O6/c19-11-3-10(17-15(5-11)26-18(20,21)27-17)8-24-12-1-2-13-9(4-16(22)23)7-25-14(13)6-12/h1-3,5-6,9H,4,7-8H2,(H,22,23). The molecule has 4 rings (SSSR count). The monoisotopic (exact) mass is 442 g/mol. The second-order valence-electron chi connectivity index (χ2n) is 6.15. The maximum Gasteiger partial charge on any atom is 0.586 e. The van der Waals surface area contributed by atoms with E-state index in [4.69, 9.17) is 14.6 Å². The van der Waals surface area contributed by atoms with Gasteiger partial charge in [0.15, 0.2) is 11.5 Å². The predicted octanol–water partition coefficient (Wildman–Crippen LogP) is 4.30. The molecule has 0 aliphatic carbocycles. The molecular formula is C18H13BrF2O6. The number of ether oxygens (including phenoxy) is 4. The molecule has 27 heavy (non-hydrogen) atoms. The summed E-state index contributed by atoms with van der Waals surface area (Å²) in [4.78, 5) is 10.9. The van der Waals surface area contributed by atoms with Crippen LogP contribution < -0.4 is 18.9 Å². The summed E-state index contributed by atoms with van der Waals surface area (Å²) in [6.07, 6.45) is -3.72.